The molecule has 0 fully saturated rings. The lowest BCUT2D eigenvalue weighted by Crippen LogP contribution is -2.42. The smallest absolute Gasteiger partial charge is 0.261 e. The summed E-state index contributed by atoms with van der Waals surface area (Å²) in [6, 6.07) is 16.9. The normalized spacial score (nSPS) is 13.3. The number of imide groups is 1. The van der Waals surface area contributed by atoms with Crippen molar-refractivity contribution in [1.29, 1.82) is 0 Å². The van der Waals surface area contributed by atoms with Gasteiger partial charge in [0.15, 0.2) is 5.96 Å². The topological polar surface area (TPSA) is 65.0 Å². The molecule has 0 saturated heterocycles. The van der Waals surface area contributed by atoms with E-state index in [0.29, 0.717) is 36.7 Å². The minimum Gasteiger partial charge on any atom is -0.354 e. The first-order valence-corrected chi connectivity index (χ1v) is 8.52. The van der Waals surface area contributed by atoms with Crippen LogP contribution in [0.25, 0.3) is 0 Å². The van der Waals surface area contributed by atoms with E-state index in [9.17, 15) is 9.59 Å². The molecular weight excluding hydrogens is 455 g/mol. The Labute approximate surface area is 176 Å². The van der Waals surface area contributed by atoms with Gasteiger partial charge in [0.1, 0.15) is 0 Å². The van der Waals surface area contributed by atoms with Crippen molar-refractivity contribution in [2.75, 3.05) is 27.2 Å². The van der Waals surface area contributed by atoms with Crippen LogP contribution in [0, 0.1) is 0 Å². The van der Waals surface area contributed by atoms with Crippen molar-refractivity contribution in [2.45, 2.75) is 6.54 Å². The van der Waals surface area contributed by atoms with Crippen LogP contribution in [0.15, 0.2) is 59.6 Å². The summed E-state index contributed by atoms with van der Waals surface area (Å²) in [6.07, 6.45) is 0. The highest BCUT2D eigenvalue weighted by molar-refractivity contribution is 14.0. The number of fused-ring (bicyclic) bond motifs is 1. The van der Waals surface area contributed by atoms with Crippen LogP contribution < -0.4 is 5.32 Å². The molecule has 0 aromatic heterocycles. The second kappa shape index (κ2) is 9.50. The minimum atomic E-state index is -0.236. The van der Waals surface area contributed by atoms with Gasteiger partial charge in [0.2, 0.25) is 0 Å². The van der Waals surface area contributed by atoms with Crippen LogP contribution in [0.1, 0.15) is 26.3 Å². The van der Waals surface area contributed by atoms with Gasteiger partial charge in [-0.15, -0.1) is 24.0 Å². The molecule has 1 heterocycles. The third kappa shape index (κ3) is 4.85. The first kappa shape index (κ1) is 20.9. The quantitative estimate of drug-likeness (QED) is 0.311. The van der Waals surface area contributed by atoms with E-state index >= 15 is 0 Å². The van der Waals surface area contributed by atoms with Crippen LogP contribution in [-0.2, 0) is 6.54 Å². The van der Waals surface area contributed by atoms with Gasteiger partial charge in [-0.25, -0.2) is 4.99 Å². The van der Waals surface area contributed by atoms with Crippen molar-refractivity contribution < 1.29 is 9.59 Å². The van der Waals surface area contributed by atoms with Crippen molar-refractivity contribution in [2.24, 2.45) is 4.99 Å². The van der Waals surface area contributed by atoms with Gasteiger partial charge in [-0.1, -0.05) is 42.5 Å². The molecule has 7 heteroatoms. The Morgan fingerprint density at radius 3 is 2.07 bits per heavy atom. The Kier molecular flexibility index (Phi) is 7.35. The average molecular weight is 478 g/mol. The molecule has 0 atom stereocenters. The van der Waals surface area contributed by atoms with Gasteiger partial charge in [0.25, 0.3) is 11.8 Å². The lowest BCUT2D eigenvalue weighted by atomic mass is 10.1. The van der Waals surface area contributed by atoms with Crippen LogP contribution in [0.2, 0.25) is 0 Å². The number of rotatable bonds is 5. The number of carbonyl (C=O) groups is 2. The molecule has 0 saturated carbocycles. The van der Waals surface area contributed by atoms with Gasteiger partial charge in [-0.05, 0) is 17.7 Å². The second-order valence-electron chi connectivity index (χ2n) is 6.25. The van der Waals surface area contributed by atoms with Gasteiger partial charge in [0.05, 0.1) is 17.7 Å². The summed E-state index contributed by atoms with van der Waals surface area (Å²) in [7, 11) is 3.80. The summed E-state index contributed by atoms with van der Waals surface area (Å²) in [5.41, 5.74) is 2.07. The second-order valence-corrected chi connectivity index (χ2v) is 6.25. The molecule has 2 aromatic rings. The fourth-order valence-corrected chi connectivity index (χ4v) is 2.83. The standard InChI is InChI=1S/C20H22N4O2.HI/c1-23(2)20(22-14-15-8-4-3-5-9-15)21-12-13-24-18(25)16-10-6-7-11-17(16)19(24)26;/h3-11H,12-14H2,1-2H3,(H,21,22);1H. The number of amides is 2. The molecule has 1 aliphatic heterocycles. The zero-order valence-corrected chi connectivity index (χ0v) is 17.7. The SMILES string of the molecule is CN(C)C(=NCc1ccccc1)NCCN1C(=O)c2ccccc2C1=O.I. The number of nitrogens with one attached hydrogen (secondary N) is 1. The summed E-state index contributed by atoms with van der Waals surface area (Å²) in [5.74, 6) is 0.241. The predicted molar refractivity (Wildman–Crippen MR) is 116 cm³/mol. The Morgan fingerprint density at radius 2 is 1.52 bits per heavy atom. The molecular formula is C20H23IN4O2. The Balaban J connectivity index is 0.00000261. The highest BCUT2D eigenvalue weighted by Crippen LogP contribution is 2.21. The van der Waals surface area contributed by atoms with Gasteiger partial charge in [-0.3, -0.25) is 14.5 Å². The number of benzene rings is 2. The molecule has 0 bridgehead atoms. The average Bonchev–Trinajstić information content (AvgIpc) is 2.90. The molecule has 142 valence electrons. The monoisotopic (exact) mass is 478 g/mol. The van der Waals surface area contributed by atoms with E-state index in [1.165, 1.54) is 4.90 Å². The zero-order chi connectivity index (χ0) is 18.5. The van der Waals surface area contributed by atoms with Crippen LogP contribution in [0.5, 0.6) is 0 Å². The van der Waals surface area contributed by atoms with Crippen molar-refractivity contribution >= 4 is 41.8 Å². The summed E-state index contributed by atoms with van der Waals surface area (Å²) in [5, 5.41) is 3.21. The molecule has 0 spiro atoms. The largest absolute Gasteiger partial charge is 0.354 e. The highest BCUT2D eigenvalue weighted by Gasteiger charge is 2.34. The maximum absolute atomic E-state index is 12.4. The van der Waals surface area contributed by atoms with Crippen LogP contribution >= 0.6 is 24.0 Å². The molecule has 0 radical (unpaired) electrons. The number of hydrogen-bond donors (Lipinski definition) is 1. The Hall–Kier alpha value is -2.42. The number of halogens is 1. The maximum atomic E-state index is 12.4. The van der Waals surface area contributed by atoms with E-state index in [1.807, 2.05) is 49.3 Å². The third-order valence-corrected chi connectivity index (χ3v) is 4.17. The fraction of sp³-hybridized carbons (Fsp3) is 0.250. The molecule has 6 nitrogen and oxygen atoms in total. The number of aliphatic imine (C=N–C) groups is 1. The maximum Gasteiger partial charge on any atom is 0.261 e. The first-order chi connectivity index (χ1) is 12.6. The van der Waals surface area contributed by atoms with E-state index in [-0.39, 0.29) is 35.8 Å². The van der Waals surface area contributed by atoms with E-state index in [2.05, 4.69) is 10.3 Å². The summed E-state index contributed by atoms with van der Waals surface area (Å²) >= 11 is 0. The van der Waals surface area contributed by atoms with Crippen molar-refractivity contribution in [3.8, 4) is 0 Å². The van der Waals surface area contributed by atoms with Gasteiger partial charge >= 0.3 is 0 Å². The molecule has 3 rings (SSSR count). The zero-order valence-electron chi connectivity index (χ0n) is 15.4. The van der Waals surface area contributed by atoms with E-state index in [4.69, 9.17) is 0 Å². The van der Waals surface area contributed by atoms with Crippen LogP contribution in [-0.4, -0.2) is 54.8 Å². The van der Waals surface area contributed by atoms with Crippen molar-refractivity contribution in [3.05, 3.63) is 71.3 Å². The summed E-state index contributed by atoms with van der Waals surface area (Å²) < 4.78 is 0. The molecule has 2 aromatic carbocycles. The summed E-state index contributed by atoms with van der Waals surface area (Å²) in [6.45, 7) is 1.30. The lowest BCUT2D eigenvalue weighted by molar-refractivity contribution is 0.0657. The van der Waals surface area contributed by atoms with Crippen LogP contribution in [0.4, 0.5) is 0 Å². The van der Waals surface area contributed by atoms with Crippen LogP contribution in [0.3, 0.4) is 0 Å². The Bertz CT molecular complexity index is 802. The minimum absolute atomic E-state index is 0. The summed E-state index contributed by atoms with van der Waals surface area (Å²) in [4.78, 5) is 32.5. The lowest BCUT2D eigenvalue weighted by Gasteiger charge is -2.20. The molecule has 0 aliphatic carbocycles. The number of guanidine groups is 1. The number of nitrogens with zero attached hydrogens (tertiary/aromatic N) is 3. The van der Waals surface area contributed by atoms with Gasteiger partial charge in [0, 0.05) is 27.2 Å². The van der Waals surface area contributed by atoms with Crippen molar-refractivity contribution in [1.82, 2.24) is 15.1 Å². The highest BCUT2D eigenvalue weighted by atomic mass is 127. The molecule has 2 amide bonds. The third-order valence-electron chi connectivity index (χ3n) is 4.17. The molecule has 1 aliphatic rings. The molecule has 0 unspecified atom stereocenters. The van der Waals surface area contributed by atoms with Crippen molar-refractivity contribution in [3.63, 3.8) is 0 Å². The van der Waals surface area contributed by atoms with Gasteiger partial charge < -0.3 is 10.2 Å². The molecule has 27 heavy (non-hydrogen) atoms. The van der Waals surface area contributed by atoms with E-state index < -0.39 is 0 Å². The first-order valence-electron chi connectivity index (χ1n) is 8.52. The van der Waals surface area contributed by atoms with E-state index in [1.54, 1.807) is 24.3 Å². The van der Waals surface area contributed by atoms with E-state index in [0.717, 1.165) is 5.56 Å². The fourth-order valence-electron chi connectivity index (χ4n) is 2.83. The van der Waals surface area contributed by atoms with Gasteiger partial charge in [-0.2, -0.15) is 0 Å². The number of hydrogen-bond acceptors (Lipinski definition) is 3. The molecule has 1 N–H and O–H groups in total. The Morgan fingerprint density at radius 1 is 0.963 bits per heavy atom. The predicted octanol–water partition coefficient (Wildman–Crippen LogP) is 2.61. The number of carbonyl (C=O) groups excluding carboxylic acids is 2.